The summed E-state index contributed by atoms with van der Waals surface area (Å²) in [6.45, 7) is 6.50. The zero-order valence-corrected chi connectivity index (χ0v) is 39.9. The van der Waals surface area contributed by atoms with Crippen LogP contribution in [0.3, 0.4) is 0 Å². The van der Waals surface area contributed by atoms with Gasteiger partial charge in [-0.3, -0.25) is 14.4 Å². The number of unbranched alkanes of at least 4 members (excludes halogenated alkanes) is 26. The first-order valence-electron chi connectivity index (χ1n) is 25.5. The summed E-state index contributed by atoms with van der Waals surface area (Å²) >= 11 is 0. The first-order valence-corrected chi connectivity index (χ1v) is 25.5. The van der Waals surface area contributed by atoms with Gasteiger partial charge in [-0.1, -0.05) is 229 Å². The lowest BCUT2D eigenvalue weighted by Crippen LogP contribution is -2.30. The van der Waals surface area contributed by atoms with Gasteiger partial charge in [0.2, 0.25) is 0 Å². The summed E-state index contributed by atoms with van der Waals surface area (Å²) in [6, 6.07) is 0. The van der Waals surface area contributed by atoms with Gasteiger partial charge in [-0.15, -0.1) is 0 Å². The summed E-state index contributed by atoms with van der Waals surface area (Å²) in [5, 5.41) is 0. The van der Waals surface area contributed by atoms with Crippen LogP contribution in [0.25, 0.3) is 0 Å². The molecule has 0 aliphatic carbocycles. The molecule has 0 amide bonds. The minimum atomic E-state index is -0.785. The molecule has 1 atom stereocenters. The second-order valence-corrected chi connectivity index (χ2v) is 16.9. The zero-order valence-electron chi connectivity index (χ0n) is 39.9. The number of ether oxygens (including phenoxy) is 3. The van der Waals surface area contributed by atoms with Crippen molar-refractivity contribution in [2.75, 3.05) is 13.2 Å². The minimum Gasteiger partial charge on any atom is -0.462 e. The van der Waals surface area contributed by atoms with Crippen molar-refractivity contribution in [2.45, 2.75) is 245 Å². The van der Waals surface area contributed by atoms with Gasteiger partial charge in [0.15, 0.2) is 6.10 Å². The molecule has 0 saturated heterocycles. The Morgan fingerprint density at radius 1 is 0.328 bits per heavy atom. The number of carbonyl (C=O) groups is 3. The highest BCUT2D eigenvalue weighted by atomic mass is 16.6. The fourth-order valence-electron chi connectivity index (χ4n) is 6.94. The van der Waals surface area contributed by atoms with E-state index in [2.05, 4.69) is 69.4 Å². The smallest absolute Gasteiger partial charge is 0.306 e. The van der Waals surface area contributed by atoms with Crippen LogP contribution in [-0.4, -0.2) is 37.2 Å². The van der Waals surface area contributed by atoms with E-state index in [1.165, 1.54) is 116 Å². The largest absolute Gasteiger partial charge is 0.462 e. The molecule has 0 aromatic rings. The number of rotatable bonds is 45. The first kappa shape index (κ1) is 57.9. The van der Waals surface area contributed by atoms with Gasteiger partial charge in [-0.25, -0.2) is 0 Å². The third-order valence-corrected chi connectivity index (χ3v) is 10.8. The Kier molecular flexibility index (Phi) is 46.9. The molecule has 0 rings (SSSR count). The minimum absolute atomic E-state index is 0.0844. The highest BCUT2D eigenvalue weighted by Crippen LogP contribution is 2.14. The van der Waals surface area contributed by atoms with Gasteiger partial charge >= 0.3 is 17.9 Å². The average molecular weight is 851 g/mol. The number of carbonyl (C=O) groups excluding carboxylic acids is 3. The van der Waals surface area contributed by atoms with Crippen molar-refractivity contribution in [3.8, 4) is 0 Å². The summed E-state index contributed by atoms with van der Waals surface area (Å²) in [7, 11) is 0. The highest BCUT2D eigenvalue weighted by Gasteiger charge is 2.19. The highest BCUT2D eigenvalue weighted by molar-refractivity contribution is 5.71. The van der Waals surface area contributed by atoms with Crippen LogP contribution in [0.5, 0.6) is 0 Å². The number of hydrogen-bond acceptors (Lipinski definition) is 6. The maximum atomic E-state index is 12.8. The molecule has 0 aromatic heterocycles. The number of hydrogen-bond donors (Lipinski definition) is 0. The molecule has 350 valence electrons. The molecule has 6 nitrogen and oxygen atoms in total. The molecule has 0 heterocycles. The van der Waals surface area contributed by atoms with Crippen LogP contribution in [0.2, 0.25) is 0 Å². The van der Waals surface area contributed by atoms with E-state index in [-0.39, 0.29) is 31.1 Å². The van der Waals surface area contributed by atoms with E-state index in [4.69, 9.17) is 14.2 Å². The SMILES string of the molecule is CCC\C=C/C=C\C=C/C=C\C=C/CCCCCCCC(=O)OCC(COC(=O)CCCCCCCCCCCC)OC(=O)CCCCCCCCC/C=C\CCCCCC. The van der Waals surface area contributed by atoms with E-state index in [0.717, 1.165) is 83.5 Å². The second kappa shape index (κ2) is 49.5. The Morgan fingerprint density at radius 3 is 1.05 bits per heavy atom. The van der Waals surface area contributed by atoms with Gasteiger partial charge < -0.3 is 14.2 Å². The maximum Gasteiger partial charge on any atom is 0.306 e. The Morgan fingerprint density at radius 2 is 0.639 bits per heavy atom. The molecule has 1 unspecified atom stereocenters. The summed E-state index contributed by atoms with van der Waals surface area (Å²) in [5.74, 6) is -0.915. The standard InChI is InChI=1S/C55H94O6/c1-4-7-10-13-16-19-22-24-26-27-28-30-31-33-36-39-42-45-48-54(57)60-51-52(50-59-53(56)47-44-41-38-35-21-18-15-12-9-6-3)61-55(58)49-46-43-40-37-34-32-29-25-23-20-17-14-11-8-5-2/h10,13,16,19-20,22-24,26-28,30,52H,4-9,11-12,14-15,17-18,21,25,29,31-51H2,1-3H3/b13-10-,19-16-,23-20-,24-22-,27-26-,30-28-. The molecule has 0 fully saturated rings. The van der Waals surface area contributed by atoms with E-state index in [1.54, 1.807) is 0 Å². The van der Waals surface area contributed by atoms with Crippen LogP contribution < -0.4 is 0 Å². The Bertz CT molecular complexity index is 1160. The lowest BCUT2D eigenvalue weighted by Gasteiger charge is -2.18. The van der Waals surface area contributed by atoms with Gasteiger partial charge in [0, 0.05) is 19.3 Å². The third-order valence-electron chi connectivity index (χ3n) is 10.8. The molecule has 0 aromatic carbocycles. The van der Waals surface area contributed by atoms with Gasteiger partial charge in [-0.2, -0.15) is 0 Å². The van der Waals surface area contributed by atoms with Crippen molar-refractivity contribution >= 4 is 17.9 Å². The monoisotopic (exact) mass is 851 g/mol. The van der Waals surface area contributed by atoms with Crippen LogP contribution in [0.1, 0.15) is 239 Å². The van der Waals surface area contributed by atoms with Crippen molar-refractivity contribution in [3.63, 3.8) is 0 Å². The summed E-state index contributed by atoms with van der Waals surface area (Å²) < 4.78 is 16.8. The fraction of sp³-hybridized carbons (Fsp3) is 0.727. The molecular formula is C55H94O6. The third kappa shape index (κ3) is 47.7. The second-order valence-electron chi connectivity index (χ2n) is 16.9. The van der Waals surface area contributed by atoms with Gasteiger partial charge in [-0.05, 0) is 64.2 Å². The first-order chi connectivity index (χ1) is 30.0. The molecule has 0 bridgehead atoms. The van der Waals surface area contributed by atoms with Crippen molar-refractivity contribution in [1.29, 1.82) is 0 Å². The van der Waals surface area contributed by atoms with Crippen LogP contribution >= 0.6 is 0 Å². The molecule has 0 saturated carbocycles. The van der Waals surface area contributed by atoms with Crippen molar-refractivity contribution < 1.29 is 28.6 Å². The van der Waals surface area contributed by atoms with Crippen LogP contribution in [0.4, 0.5) is 0 Å². The van der Waals surface area contributed by atoms with Gasteiger partial charge in [0.05, 0.1) is 0 Å². The van der Waals surface area contributed by atoms with Crippen LogP contribution in [-0.2, 0) is 28.6 Å². The summed E-state index contributed by atoms with van der Waals surface area (Å²) in [6.07, 6.45) is 61.6. The zero-order chi connectivity index (χ0) is 44.4. The predicted octanol–water partition coefficient (Wildman–Crippen LogP) is 16.6. The summed E-state index contributed by atoms with van der Waals surface area (Å²) in [5.41, 5.74) is 0. The summed E-state index contributed by atoms with van der Waals surface area (Å²) in [4.78, 5) is 37.9. The average Bonchev–Trinajstić information content (AvgIpc) is 3.26. The number of allylic oxidation sites excluding steroid dienone is 12. The van der Waals surface area contributed by atoms with E-state index in [1.807, 2.05) is 24.3 Å². The van der Waals surface area contributed by atoms with E-state index in [9.17, 15) is 14.4 Å². The molecule has 0 spiro atoms. The van der Waals surface area contributed by atoms with E-state index in [0.29, 0.717) is 19.3 Å². The lowest BCUT2D eigenvalue weighted by molar-refractivity contribution is -0.167. The maximum absolute atomic E-state index is 12.8. The van der Waals surface area contributed by atoms with Crippen molar-refractivity contribution in [1.82, 2.24) is 0 Å². The molecule has 0 aliphatic heterocycles. The predicted molar refractivity (Wildman–Crippen MR) is 261 cm³/mol. The molecular weight excluding hydrogens is 757 g/mol. The quantitative estimate of drug-likeness (QED) is 0.0200. The molecule has 0 N–H and O–H groups in total. The number of esters is 3. The Hall–Kier alpha value is -3.15. The van der Waals surface area contributed by atoms with Crippen LogP contribution in [0.15, 0.2) is 72.9 Å². The van der Waals surface area contributed by atoms with Crippen molar-refractivity contribution in [3.05, 3.63) is 72.9 Å². The topological polar surface area (TPSA) is 78.9 Å². The molecule has 0 radical (unpaired) electrons. The normalized spacial score (nSPS) is 12.6. The Balaban J connectivity index is 4.41. The van der Waals surface area contributed by atoms with Crippen LogP contribution in [0, 0.1) is 0 Å². The van der Waals surface area contributed by atoms with Gasteiger partial charge in [0.25, 0.3) is 0 Å². The molecule has 61 heavy (non-hydrogen) atoms. The van der Waals surface area contributed by atoms with E-state index < -0.39 is 6.10 Å². The van der Waals surface area contributed by atoms with Gasteiger partial charge in [0.1, 0.15) is 13.2 Å². The Labute approximate surface area is 376 Å². The van der Waals surface area contributed by atoms with Crippen molar-refractivity contribution in [2.24, 2.45) is 0 Å². The molecule has 0 aliphatic rings. The lowest BCUT2D eigenvalue weighted by atomic mass is 10.1. The molecule has 6 heteroatoms. The fourth-order valence-corrected chi connectivity index (χ4v) is 6.94. The van der Waals surface area contributed by atoms with E-state index >= 15 is 0 Å².